The molecule has 0 radical (unpaired) electrons. The van der Waals surface area contributed by atoms with E-state index in [0.717, 1.165) is 11.1 Å². The third kappa shape index (κ3) is 5.38. The second kappa shape index (κ2) is 10.1. The number of rotatable bonds is 8. The van der Waals surface area contributed by atoms with Crippen molar-refractivity contribution in [1.82, 2.24) is 0 Å². The molecule has 0 saturated heterocycles. The molecule has 0 fully saturated rings. The molecule has 30 heavy (non-hydrogen) atoms. The highest BCUT2D eigenvalue weighted by Gasteiger charge is 2.22. The van der Waals surface area contributed by atoms with Gasteiger partial charge in [0.2, 0.25) is 0 Å². The Morgan fingerprint density at radius 3 is 2.10 bits per heavy atom. The lowest BCUT2D eigenvalue weighted by Gasteiger charge is -2.15. The van der Waals surface area contributed by atoms with E-state index in [4.69, 9.17) is 9.73 Å². The fourth-order valence-corrected chi connectivity index (χ4v) is 3.10. The highest BCUT2D eigenvalue weighted by atomic mass is 16.6. The van der Waals surface area contributed by atoms with Gasteiger partial charge in [0, 0.05) is 29.7 Å². The van der Waals surface area contributed by atoms with Crippen LogP contribution >= 0.6 is 0 Å². The molecule has 1 atom stereocenters. The van der Waals surface area contributed by atoms with E-state index in [2.05, 4.69) is 0 Å². The van der Waals surface area contributed by atoms with E-state index in [1.54, 1.807) is 19.1 Å². The Kier molecular flexibility index (Phi) is 7.05. The van der Waals surface area contributed by atoms with Gasteiger partial charge in [-0.3, -0.25) is 15.1 Å². The third-order valence-corrected chi connectivity index (χ3v) is 4.49. The van der Waals surface area contributed by atoms with Crippen LogP contribution in [0.4, 0.5) is 5.69 Å². The molecule has 3 aromatic carbocycles. The van der Waals surface area contributed by atoms with Crippen molar-refractivity contribution in [3.63, 3.8) is 0 Å². The van der Waals surface area contributed by atoms with Gasteiger partial charge in [0.05, 0.1) is 17.2 Å². The Morgan fingerprint density at radius 2 is 1.57 bits per heavy atom. The number of aliphatic imine (C=N–C) groups is 1. The number of esters is 1. The molecule has 152 valence electrons. The number of non-ortho nitro benzene ring substituents is 1. The fourth-order valence-electron chi connectivity index (χ4n) is 3.10. The summed E-state index contributed by atoms with van der Waals surface area (Å²) in [6.07, 6.45) is 0.198. The first-order valence-electron chi connectivity index (χ1n) is 9.67. The maximum atomic E-state index is 12.7. The number of benzene rings is 3. The maximum absolute atomic E-state index is 12.7. The predicted molar refractivity (Wildman–Crippen MR) is 116 cm³/mol. The van der Waals surface area contributed by atoms with Crippen molar-refractivity contribution in [2.24, 2.45) is 4.99 Å². The van der Waals surface area contributed by atoms with Crippen LogP contribution in [0.15, 0.2) is 89.9 Å². The fraction of sp³-hybridized carbons (Fsp3) is 0.167. The van der Waals surface area contributed by atoms with Gasteiger partial charge in [-0.15, -0.1) is 0 Å². The summed E-state index contributed by atoms with van der Waals surface area (Å²) in [5.41, 5.74) is 3.03. The minimum absolute atomic E-state index is 0.0227. The van der Waals surface area contributed by atoms with Crippen molar-refractivity contribution in [3.8, 4) is 0 Å². The first-order chi connectivity index (χ1) is 14.6. The number of nitro groups is 1. The van der Waals surface area contributed by atoms with Crippen molar-refractivity contribution in [3.05, 3.63) is 112 Å². The molecule has 0 N–H and O–H groups in total. The molecule has 0 spiro atoms. The molecule has 0 bridgehead atoms. The van der Waals surface area contributed by atoms with Crippen LogP contribution in [0.25, 0.3) is 0 Å². The lowest BCUT2D eigenvalue weighted by atomic mass is 10.0. The van der Waals surface area contributed by atoms with E-state index in [1.807, 2.05) is 60.7 Å². The quantitative estimate of drug-likeness (QED) is 0.238. The van der Waals surface area contributed by atoms with Crippen LogP contribution in [0.1, 0.15) is 23.6 Å². The first kappa shape index (κ1) is 20.9. The van der Waals surface area contributed by atoms with Crippen molar-refractivity contribution < 1.29 is 14.5 Å². The summed E-state index contributed by atoms with van der Waals surface area (Å²) < 4.78 is 5.25. The van der Waals surface area contributed by atoms with Crippen LogP contribution in [-0.2, 0) is 16.0 Å². The number of nitrogens with zero attached hydrogens (tertiary/aromatic N) is 2. The molecule has 0 saturated carbocycles. The largest absolute Gasteiger partial charge is 0.464 e. The minimum Gasteiger partial charge on any atom is -0.464 e. The molecular formula is C24H22N2O4. The van der Waals surface area contributed by atoms with E-state index < -0.39 is 16.9 Å². The molecule has 0 aliphatic heterocycles. The Bertz CT molecular complexity index is 992. The molecule has 1 unspecified atom stereocenters. The number of ether oxygens (including phenoxy) is 1. The van der Waals surface area contributed by atoms with Crippen LogP contribution in [0, 0.1) is 10.1 Å². The van der Waals surface area contributed by atoms with Crippen LogP contribution in [0.2, 0.25) is 0 Å². The SMILES string of the molecule is CCOC(=O)C(Cc1cccc([N+](=O)[O-])c1)N=C(c1ccccc1)c1ccccc1. The summed E-state index contributed by atoms with van der Waals surface area (Å²) in [7, 11) is 0. The minimum atomic E-state index is -0.831. The van der Waals surface area contributed by atoms with Crippen molar-refractivity contribution in [2.75, 3.05) is 6.61 Å². The van der Waals surface area contributed by atoms with Gasteiger partial charge in [0.15, 0.2) is 6.04 Å². The van der Waals surface area contributed by atoms with Gasteiger partial charge >= 0.3 is 5.97 Å². The highest BCUT2D eigenvalue weighted by Crippen LogP contribution is 2.18. The zero-order valence-corrected chi connectivity index (χ0v) is 16.6. The third-order valence-electron chi connectivity index (χ3n) is 4.49. The molecule has 0 heterocycles. The Morgan fingerprint density at radius 1 is 0.967 bits per heavy atom. The van der Waals surface area contributed by atoms with Crippen LogP contribution < -0.4 is 0 Å². The van der Waals surface area contributed by atoms with Gasteiger partial charge in [-0.05, 0) is 12.5 Å². The average Bonchev–Trinajstić information content (AvgIpc) is 2.78. The van der Waals surface area contributed by atoms with E-state index in [9.17, 15) is 14.9 Å². The van der Waals surface area contributed by atoms with Gasteiger partial charge in [-0.1, -0.05) is 72.8 Å². The monoisotopic (exact) mass is 402 g/mol. The summed E-state index contributed by atoms with van der Waals surface area (Å²) in [4.78, 5) is 28.1. The van der Waals surface area contributed by atoms with Gasteiger partial charge in [-0.25, -0.2) is 4.79 Å². The Hall–Kier alpha value is -3.80. The maximum Gasteiger partial charge on any atom is 0.331 e. The predicted octanol–water partition coefficient (Wildman–Crippen LogP) is 4.61. The zero-order chi connectivity index (χ0) is 21.3. The molecule has 0 amide bonds. The van der Waals surface area contributed by atoms with Gasteiger partial charge in [0.1, 0.15) is 0 Å². The molecule has 0 aliphatic carbocycles. The number of nitro benzene ring substituents is 1. The Labute approximate surface area is 175 Å². The number of hydrogen-bond acceptors (Lipinski definition) is 5. The summed E-state index contributed by atoms with van der Waals surface area (Å²) in [6, 6.07) is 24.6. The molecule has 6 nitrogen and oxygen atoms in total. The Balaban J connectivity index is 2.04. The lowest BCUT2D eigenvalue weighted by molar-refractivity contribution is -0.384. The molecule has 0 aromatic heterocycles. The average molecular weight is 402 g/mol. The second-order valence-electron chi connectivity index (χ2n) is 6.61. The van der Waals surface area contributed by atoms with E-state index >= 15 is 0 Å². The van der Waals surface area contributed by atoms with Gasteiger partial charge < -0.3 is 4.74 Å². The number of carbonyl (C=O) groups excluding carboxylic acids is 1. The topological polar surface area (TPSA) is 81.8 Å². The molecule has 3 rings (SSSR count). The number of carbonyl (C=O) groups is 1. The van der Waals surface area contributed by atoms with E-state index in [1.165, 1.54) is 12.1 Å². The van der Waals surface area contributed by atoms with Crippen LogP contribution in [0.5, 0.6) is 0 Å². The molecule has 3 aromatic rings. The number of hydrogen-bond donors (Lipinski definition) is 0. The highest BCUT2D eigenvalue weighted by molar-refractivity contribution is 6.13. The van der Waals surface area contributed by atoms with Crippen molar-refractivity contribution in [2.45, 2.75) is 19.4 Å². The molecular weight excluding hydrogens is 380 g/mol. The summed E-state index contributed by atoms with van der Waals surface area (Å²) in [6.45, 7) is 1.97. The molecule has 6 heteroatoms. The van der Waals surface area contributed by atoms with Gasteiger partial charge in [0.25, 0.3) is 5.69 Å². The van der Waals surface area contributed by atoms with E-state index in [-0.39, 0.29) is 18.7 Å². The first-order valence-corrected chi connectivity index (χ1v) is 9.67. The molecule has 0 aliphatic rings. The van der Waals surface area contributed by atoms with Gasteiger partial charge in [-0.2, -0.15) is 0 Å². The second-order valence-corrected chi connectivity index (χ2v) is 6.61. The van der Waals surface area contributed by atoms with Crippen molar-refractivity contribution in [1.29, 1.82) is 0 Å². The summed E-state index contributed by atoms with van der Waals surface area (Å²) in [5.74, 6) is -0.464. The summed E-state index contributed by atoms with van der Waals surface area (Å²) >= 11 is 0. The zero-order valence-electron chi connectivity index (χ0n) is 16.6. The normalized spacial score (nSPS) is 11.4. The van der Waals surface area contributed by atoms with E-state index in [0.29, 0.717) is 11.3 Å². The standard InChI is InChI=1S/C24H22N2O4/c1-2-30-24(27)22(17-18-10-9-15-21(16-18)26(28)29)25-23(19-11-5-3-6-12-19)20-13-7-4-8-14-20/h3-16,22H,2,17H2,1H3. The smallest absolute Gasteiger partial charge is 0.331 e. The lowest BCUT2D eigenvalue weighted by Crippen LogP contribution is -2.26. The van der Waals surface area contributed by atoms with Crippen LogP contribution in [-0.4, -0.2) is 29.3 Å². The van der Waals surface area contributed by atoms with Crippen molar-refractivity contribution >= 4 is 17.4 Å². The van der Waals surface area contributed by atoms with Crippen LogP contribution in [0.3, 0.4) is 0 Å². The summed E-state index contributed by atoms with van der Waals surface area (Å²) in [5, 5.41) is 11.1.